The number of hydrogen-bond donors (Lipinski definition) is 2. The van der Waals surface area contributed by atoms with Gasteiger partial charge in [0, 0.05) is 0 Å². The number of hydrogen-bond acceptors (Lipinski definition) is 1. The SMILES string of the molecule is F[SiH3].NC(N)=S. The summed E-state index contributed by atoms with van der Waals surface area (Å²) in [5, 5.41) is 0.000000000000000222. The van der Waals surface area contributed by atoms with Gasteiger partial charge in [-0.25, -0.2) is 0 Å². The minimum absolute atomic E-state index is 0.000000000000000222. The average molecular weight is 126 g/mol. The first-order valence-electron chi connectivity index (χ1n) is 1.16. The molecule has 5 heteroatoms. The molecule has 0 unspecified atom stereocenters. The minimum atomic E-state index is -0.194. The van der Waals surface area contributed by atoms with Gasteiger partial charge >= 0.3 is 0 Å². The van der Waals surface area contributed by atoms with Crippen molar-refractivity contribution >= 4 is 27.9 Å². The van der Waals surface area contributed by atoms with Crippen LogP contribution in [-0.2, 0) is 0 Å². The van der Waals surface area contributed by atoms with Gasteiger partial charge in [-0.15, -0.1) is 0 Å². The molecule has 0 aliphatic rings. The van der Waals surface area contributed by atoms with Crippen LogP contribution in [0.4, 0.5) is 4.11 Å². The summed E-state index contributed by atoms with van der Waals surface area (Å²) >= 11 is 4.09. The standard InChI is InChI=1S/CH4N2S.FH3Si/c2-1(3)4;1-2/h(H4,2,3,4);2H3. The van der Waals surface area contributed by atoms with E-state index in [2.05, 4.69) is 23.7 Å². The minimum Gasteiger partial charge on any atom is -0.377 e. The van der Waals surface area contributed by atoms with Crippen molar-refractivity contribution in [3.8, 4) is 0 Å². The fourth-order valence-electron chi connectivity index (χ4n) is 0. The first kappa shape index (κ1) is 9.28. The van der Waals surface area contributed by atoms with Crippen molar-refractivity contribution in [2.45, 2.75) is 0 Å². The number of rotatable bonds is 0. The summed E-state index contributed by atoms with van der Waals surface area (Å²) in [5.74, 6) is 0. The van der Waals surface area contributed by atoms with E-state index in [-0.39, 0.29) is 15.7 Å². The van der Waals surface area contributed by atoms with Gasteiger partial charge in [-0.3, -0.25) is 0 Å². The first-order valence-corrected chi connectivity index (χ1v) is 2.32. The Labute approximate surface area is 44.3 Å². The normalized spacial score (nSPS) is 5.50. The summed E-state index contributed by atoms with van der Waals surface area (Å²) in [5.41, 5.74) is 9.24. The lowest BCUT2D eigenvalue weighted by Crippen LogP contribution is -2.18. The largest absolute Gasteiger partial charge is 0.377 e. The topological polar surface area (TPSA) is 52.0 Å². The van der Waals surface area contributed by atoms with Crippen molar-refractivity contribution in [2.75, 3.05) is 0 Å². The highest BCUT2D eigenvalue weighted by Crippen LogP contribution is 1.32. The highest BCUT2D eigenvalue weighted by Gasteiger charge is 1.53. The second-order valence-corrected chi connectivity index (χ2v) is 0.874. The van der Waals surface area contributed by atoms with E-state index in [0.717, 1.165) is 0 Å². The van der Waals surface area contributed by atoms with Gasteiger partial charge in [0.05, 0.1) is 0 Å². The summed E-state index contributed by atoms with van der Waals surface area (Å²) in [6, 6.07) is 0. The summed E-state index contributed by atoms with van der Waals surface area (Å²) in [4.78, 5) is 0. The Morgan fingerprint density at radius 1 is 1.50 bits per heavy atom. The van der Waals surface area contributed by atoms with Gasteiger partial charge in [-0.05, 0) is 12.2 Å². The lowest BCUT2D eigenvalue weighted by Gasteiger charge is -1.68. The van der Waals surface area contributed by atoms with Crippen molar-refractivity contribution in [3.63, 3.8) is 0 Å². The molecule has 0 aliphatic heterocycles. The van der Waals surface area contributed by atoms with Crippen molar-refractivity contribution in [3.05, 3.63) is 0 Å². The van der Waals surface area contributed by atoms with E-state index in [1.54, 1.807) is 0 Å². The van der Waals surface area contributed by atoms with Crippen LogP contribution in [0.25, 0.3) is 0 Å². The van der Waals surface area contributed by atoms with E-state index in [1.165, 1.54) is 0 Å². The van der Waals surface area contributed by atoms with E-state index < -0.39 is 0 Å². The second-order valence-electron chi connectivity index (χ2n) is 0.402. The molecule has 4 N–H and O–H groups in total. The van der Waals surface area contributed by atoms with Crippen LogP contribution in [0.3, 0.4) is 0 Å². The van der Waals surface area contributed by atoms with Crippen LogP contribution in [-0.4, -0.2) is 15.7 Å². The maximum absolute atomic E-state index is 9.64. The molecule has 0 aromatic heterocycles. The van der Waals surface area contributed by atoms with Crippen molar-refractivity contribution in [1.82, 2.24) is 0 Å². The smallest absolute Gasteiger partial charge is 0.201 e. The number of nitrogens with two attached hydrogens (primary N) is 2. The second kappa shape index (κ2) is 8.85. The lowest BCUT2D eigenvalue weighted by atomic mass is 11.3. The highest BCUT2D eigenvalue weighted by molar-refractivity contribution is 7.80. The Kier molecular flexibility index (Phi) is 13.7. The van der Waals surface area contributed by atoms with Crippen LogP contribution in [0.15, 0.2) is 0 Å². The number of thiocarbonyl (C=S) groups is 1. The van der Waals surface area contributed by atoms with Gasteiger partial charge in [-0.1, -0.05) is 0 Å². The molecule has 0 aromatic carbocycles. The third-order valence-electron chi connectivity index (χ3n) is 0. The highest BCUT2D eigenvalue weighted by atomic mass is 32.1. The van der Waals surface area contributed by atoms with Crippen LogP contribution in [0.2, 0.25) is 0 Å². The van der Waals surface area contributed by atoms with Gasteiger partial charge in [0.25, 0.3) is 0 Å². The molecule has 0 amide bonds. The van der Waals surface area contributed by atoms with Gasteiger partial charge in [-0.2, -0.15) is 0 Å². The van der Waals surface area contributed by atoms with Crippen LogP contribution in [0, 0.1) is 0 Å². The molecule has 38 valence electrons. The molecule has 0 fully saturated rings. The lowest BCUT2D eigenvalue weighted by molar-refractivity contribution is 0.902. The molecular weight excluding hydrogens is 119 g/mol. The predicted molar refractivity (Wildman–Crippen MR) is 32.0 cm³/mol. The Balaban J connectivity index is 0. The molecule has 0 aliphatic carbocycles. The zero-order valence-corrected chi connectivity index (χ0v) is 6.26. The number of halogens is 1. The van der Waals surface area contributed by atoms with E-state index in [1.807, 2.05) is 0 Å². The Morgan fingerprint density at radius 3 is 1.50 bits per heavy atom. The molecular formula is CH7FN2SSi. The van der Waals surface area contributed by atoms with Crippen LogP contribution >= 0.6 is 12.2 Å². The Hall–Kier alpha value is -0.163. The quantitative estimate of drug-likeness (QED) is 0.234. The molecule has 0 spiro atoms. The summed E-state index contributed by atoms with van der Waals surface area (Å²) in [7, 11) is -0.194. The maximum atomic E-state index is 9.64. The Morgan fingerprint density at radius 2 is 1.50 bits per heavy atom. The molecule has 0 atom stereocenters. The molecule has 0 saturated heterocycles. The zero-order chi connectivity index (χ0) is 5.58. The third-order valence-corrected chi connectivity index (χ3v) is 0. The predicted octanol–water partition coefficient (Wildman–Crippen LogP) is -1.57. The summed E-state index contributed by atoms with van der Waals surface area (Å²) < 4.78 is 9.64. The molecule has 0 saturated carbocycles. The van der Waals surface area contributed by atoms with Gasteiger partial charge in [0.1, 0.15) is 0 Å². The molecule has 0 radical (unpaired) electrons. The molecule has 0 rings (SSSR count). The molecule has 0 heterocycles. The molecule has 0 aromatic rings. The van der Waals surface area contributed by atoms with Crippen molar-refractivity contribution in [1.29, 1.82) is 0 Å². The van der Waals surface area contributed by atoms with Crippen LogP contribution < -0.4 is 11.5 Å². The molecule has 6 heavy (non-hydrogen) atoms. The monoisotopic (exact) mass is 126 g/mol. The van der Waals surface area contributed by atoms with E-state index >= 15 is 0 Å². The van der Waals surface area contributed by atoms with Crippen molar-refractivity contribution in [2.24, 2.45) is 11.5 Å². The third kappa shape index (κ3) is 1160. The molecule has 0 bridgehead atoms. The van der Waals surface area contributed by atoms with Gasteiger partial charge in [0.15, 0.2) is 5.11 Å². The maximum Gasteiger partial charge on any atom is 0.201 e. The zero-order valence-electron chi connectivity index (χ0n) is 3.44. The van der Waals surface area contributed by atoms with E-state index in [9.17, 15) is 4.11 Å². The van der Waals surface area contributed by atoms with E-state index in [4.69, 9.17) is 0 Å². The van der Waals surface area contributed by atoms with Gasteiger partial charge < -0.3 is 15.6 Å². The summed E-state index contributed by atoms with van der Waals surface area (Å²) in [6.45, 7) is 0. The summed E-state index contributed by atoms with van der Waals surface area (Å²) in [6.07, 6.45) is 0. The van der Waals surface area contributed by atoms with Gasteiger partial charge in [0.2, 0.25) is 10.6 Å². The molecule has 2 nitrogen and oxygen atoms in total. The first-order chi connectivity index (χ1) is 2.73. The Bertz CT molecular complexity index is 36.5. The van der Waals surface area contributed by atoms with E-state index in [0.29, 0.717) is 0 Å². The van der Waals surface area contributed by atoms with Crippen LogP contribution in [0.1, 0.15) is 0 Å². The average Bonchev–Trinajstić information content (AvgIpc) is 1.41. The van der Waals surface area contributed by atoms with Crippen molar-refractivity contribution < 1.29 is 4.11 Å². The fourth-order valence-corrected chi connectivity index (χ4v) is 0. The van der Waals surface area contributed by atoms with Crippen LogP contribution in [0.5, 0.6) is 0 Å². The fraction of sp³-hybridized carbons (Fsp3) is 0.